The van der Waals surface area contributed by atoms with Gasteiger partial charge in [-0.05, 0) is 36.0 Å². The Balaban J connectivity index is 1.79. The van der Waals surface area contributed by atoms with Gasteiger partial charge in [-0.15, -0.1) is 0 Å². The Morgan fingerprint density at radius 3 is 2.55 bits per heavy atom. The van der Waals surface area contributed by atoms with E-state index < -0.39 is 0 Å². The first-order valence-electron chi connectivity index (χ1n) is 7.31. The van der Waals surface area contributed by atoms with Crippen molar-refractivity contribution in [1.29, 1.82) is 0 Å². The predicted molar refractivity (Wildman–Crippen MR) is 82.1 cm³/mol. The topological polar surface area (TPSA) is 27.1 Å². The van der Waals surface area contributed by atoms with Crippen LogP contribution in [0.1, 0.15) is 39.2 Å². The number of benzene rings is 1. The molecule has 0 spiro atoms. The quantitative estimate of drug-likeness (QED) is 0.711. The summed E-state index contributed by atoms with van der Waals surface area (Å²) in [5.74, 6) is 0.950. The maximum Gasteiger partial charge on any atom is 0.119 e. The number of hydrogen-bond donors (Lipinski definition) is 0. The second kappa shape index (κ2) is 6.60. The first-order valence-corrected chi connectivity index (χ1v) is 7.31. The minimum absolute atomic E-state index is 0.236. The van der Waals surface area contributed by atoms with E-state index in [0.29, 0.717) is 0 Å². The van der Waals surface area contributed by atoms with Crippen molar-refractivity contribution in [3.63, 3.8) is 0 Å². The van der Waals surface area contributed by atoms with Gasteiger partial charge in [-0.3, -0.25) is 0 Å². The van der Waals surface area contributed by atoms with Crippen LogP contribution in [-0.2, 0) is 12.0 Å². The van der Waals surface area contributed by atoms with Gasteiger partial charge in [0, 0.05) is 18.9 Å². The molecule has 0 aliphatic heterocycles. The number of imidazole rings is 1. The summed E-state index contributed by atoms with van der Waals surface area (Å²) in [6.07, 6.45) is 7.73. The number of aromatic nitrogens is 2. The van der Waals surface area contributed by atoms with Crippen LogP contribution in [-0.4, -0.2) is 16.2 Å². The smallest absolute Gasteiger partial charge is 0.119 e. The van der Waals surface area contributed by atoms with Crippen molar-refractivity contribution in [3.05, 3.63) is 48.5 Å². The molecule has 0 N–H and O–H groups in total. The standard InChI is InChI=1S/C17H24N2O/c1-4-17(2,3)15-6-8-16(9-7-15)20-13-5-11-19-12-10-18-14-19/h6-10,12,14H,4-5,11,13H2,1-3H3. The zero-order valence-electron chi connectivity index (χ0n) is 12.7. The Hall–Kier alpha value is -1.77. The van der Waals surface area contributed by atoms with Crippen molar-refractivity contribution in [3.8, 4) is 5.75 Å². The molecule has 0 saturated heterocycles. The molecule has 1 heterocycles. The number of nitrogens with zero attached hydrogens (tertiary/aromatic N) is 2. The maximum absolute atomic E-state index is 5.77. The van der Waals surface area contributed by atoms with Crippen molar-refractivity contribution < 1.29 is 4.74 Å². The molecule has 0 fully saturated rings. The van der Waals surface area contributed by atoms with Gasteiger partial charge in [0.05, 0.1) is 12.9 Å². The van der Waals surface area contributed by atoms with Crippen LogP contribution in [0, 0.1) is 0 Å². The predicted octanol–water partition coefficient (Wildman–Crippen LogP) is 4.04. The molecule has 0 aliphatic carbocycles. The number of hydrogen-bond acceptors (Lipinski definition) is 2. The van der Waals surface area contributed by atoms with Crippen LogP contribution in [0.2, 0.25) is 0 Å². The molecule has 3 nitrogen and oxygen atoms in total. The minimum atomic E-state index is 0.236. The SMILES string of the molecule is CCC(C)(C)c1ccc(OCCCn2ccnc2)cc1. The number of ether oxygens (including phenoxy) is 1. The van der Waals surface area contributed by atoms with Crippen LogP contribution >= 0.6 is 0 Å². The molecule has 3 heteroatoms. The molecule has 0 atom stereocenters. The molecule has 2 rings (SSSR count). The Morgan fingerprint density at radius 2 is 1.95 bits per heavy atom. The minimum Gasteiger partial charge on any atom is -0.494 e. The van der Waals surface area contributed by atoms with Gasteiger partial charge in [0.1, 0.15) is 5.75 Å². The Labute approximate surface area is 121 Å². The number of aryl methyl sites for hydroxylation is 1. The average molecular weight is 272 g/mol. The highest BCUT2D eigenvalue weighted by Gasteiger charge is 2.17. The second-order valence-corrected chi connectivity index (χ2v) is 5.76. The molecule has 0 amide bonds. The van der Waals surface area contributed by atoms with Crippen molar-refractivity contribution in [1.82, 2.24) is 9.55 Å². The molecule has 0 aliphatic rings. The third-order valence-corrected chi connectivity index (χ3v) is 3.91. The summed E-state index contributed by atoms with van der Waals surface area (Å²) in [6, 6.07) is 8.50. The third kappa shape index (κ3) is 3.86. The van der Waals surface area contributed by atoms with Crippen molar-refractivity contribution in [2.45, 2.75) is 45.6 Å². The van der Waals surface area contributed by atoms with Crippen LogP contribution < -0.4 is 4.74 Å². The zero-order chi connectivity index (χ0) is 14.4. The molecule has 0 radical (unpaired) electrons. The van der Waals surface area contributed by atoms with Gasteiger partial charge in [0.15, 0.2) is 0 Å². The molecule has 1 aromatic heterocycles. The Kier molecular flexibility index (Phi) is 4.83. The van der Waals surface area contributed by atoms with E-state index >= 15 is 0 Å². The zero-order valence-corrected chi connectivity index (χ0v) is 12.7. The summed E-state index contributed by atoms with van der Waals surface area (Å²) in [5.41, 5.74) is 1.60. The van der Waals surface area contributed by atoms with Gasteiger partial charge in [0.2, 0.25) is 0 Å². The van der Waals surface area contributed by atoms with Crippen LogP contribution in [0.15, 0.2) is 43.0 Å². The van der Waals surface area contributed by atoms with E-state index in [4.69, 9.17) is 4.74 Å². The maximum atomic E-state index is 5.77. The molecule has 0 unspecified atom stereocenters. The van der Waals surface area contributed by atoms with Crippen LogP contribution in [0.4, 0.5) is 0 Å². The summed E-state index contributed by atoms with van der Waals surface area (Å²) in [6.45, 7) is 8.44. The van der Waals surface area contributed by atoms with Gasteiger partial charge >= 0.3 is 0 Å². The van der Waals surface area contributed by atoms with E-state index in [-0.39, 0.29) is 5.41 Å². The first kappa shape index (κ1) is 14.6. The Morgan fingerprint density at radius 1 is 1.20 bits per heavy atom. The molecule has 0 saturated carbocycles. The van der Waals surface area contributed by atoms with E-state index in [1.807, 2.05) is 12.5 Å². The van der Waals surface area contributed by atoms with Crippen LogP contribution in [0.5, 0.6) is 5.75 Å². The van der Waals surface area contributed by atoms with E-state index in [9.17, 15) is 0 Å². The molecule has 1 aromatic carbocycles. The molecular weight excluding hydrogens is 248 g/mol. The molecule has 108 valence electrons. The summed E-state index contributed by atoms with van der Waals surface area (Å²) in [7, 11) is 0. The molecular formula is C17H24N2O. The summed E-state index contributed by atoms with van der Waals surface area (Å²) in [4.78, 5) is 4.02. The van der Waals surface area contributed by atoms with E-state index in [1.54, 1.807) is 6.20 Å². The second-order valence-electron chi connectivity index (χ2n) is 5.76. The van der Waals surface area contributed by atoms with Gasteiger partial charge in [0.25, 0.3) is 0 Å². The average Bonchev–Trinajstić information content (AvgIpc) is 2.97. The van der Waals surface area contributed by atoms with Gasteiger partial charge < -0.3 is 9.30 Å². The van der Waals surface area contributed by atoms with Gasteiger partial charge in [-0.25, -0.2) is 4.98 Å². The fourth-order valence-electron chi connectivity index (χ4n) is 2.06. The lowest BCUT2D eigenvalue weighted by Gasteiger charge is -2.23. The fourth-order valence-corrected chi connectivity index (χ4v) is 2.06. The first-order chi connectivity index (χ1) is 9.62. The highest BCUT2D eigenvalue weighted by Crippen LogP contribution is 2.27. The normalized spacial score (nSPS) is 11.6. The highest BCUT2D eigenvalue weighted by molar-refractivity contribution is 5.31. The summed E-state index contributed by atoms with van der Waals surface area (Å²) < 4.78 is 7.84. The van der Waals surface area contributed by atoms with Crippen molar-refractivity contribution >= 4 is 0 Å². The largest absolute Gasteiger partial charge is 0.494 e. The van der Waals surface area contributed by atoms with E-state index in [2.05, 4.69) is 54.6 Å². The monoisotopic (exact) mass is 272 g/mol. The fraction of sp³-hybridized carbons (Fsp3) is 0.471. The third-order valence-electron chi connectivity index (χ3n) is 3.91. The summed E-state index contributed by atoms with van der Waals surface area (Å²) in [5, 5.41) is 0. The van der Waals surface area contributed by atoms with E-state index in [0.717, 1.165) is 31.7 Å². The highest BCUT2D eigenvalue weighted by atomic mass is 16.5. The lowest BCUT2D eigenvalue weighted by atomic mass is 9.82. The summed E-state index contributed by atoms with van der Waals surface area (Å²) >= 11 is 0. The van der Waals surface area contributed by atoms with Crippen molar-refractivity contribution in [2.75, 3.05) is 6.61 Å². The van der Waals surface area contributed by atoms with Crippen LogP contribution in [0.3, 0.4) is 0 Å². The molecule has 0 bridgehead atoms. The molecule has 20 heavy (non-hydrogen) atoms. The number of rotatable bonds is 7. The molecule has 2 aromatic rings. The lowest BCUT2D eigenvalue weighted by Crippen LogP contribution is -2.15. The van der Waals surface area contributed by atoms with Gasteiger partial charge in [-0.2, -0.15) is 0 Å². The lowest BCUT2D eigenvalue weighted by molar-refractivity contribution is 0.301. The van der Waals surface area contributed by atoms with Crippen LogP contribution in [0.25, 0.3) is 0 Å². The Bertz CT molecular complexity index is 500. The van der Waals surface area contributed by atoms with E-state index in [1.165, 1.54) is 5.56 Å². The van der Waals surface area contributed by atoms with Gasteiger partial charge in [-0.1, -0.05) is 32.9 Å². The van der Waals surface area contributed by atoms with Crippen molar-refractivity contribution in [2.24, 2.45) is 0 Å².